The SMILES string of the molecule is COC[C@@H](C)n1c(SCC(=O)c2ccc(Cl)cc2)nc2ccccc2c1=O. The molecule has 140 valence electrons. The molecule has 0 bridgehead atoms. The van der Waals surface area contributed by atoms with Gasteiger partial charge in [-0.05, 0) is 43.3 Å². The van der Waals surface area contributed by atoms with Crippen LogP contribution in [0.3, 0.4) is 0 Å². The number of carbonyl (C=O) groups excluding carboxylic acids is 1. The largest absolute Gasteiger partial charge is 0.383 e. The van der Waals surface area contributed by atoms with Crippen LogP contribution in [0.1, 0.15) is 23.3 Å². The zero-order valence-corrected chi connectivity index (χ0v) is 16.6. The molecule has 0 aliphatic carbocycles. The number of hydrogen-bond donors (Lipinski definition) is 0. The van der Waals surface area contributed by atoms with E-state index in [9.17, 15) is 9.59 Å². The van der Waals surface area contributed by atoms with Crippen molar-refractivity contribution in [1.82, 2.24) is 9.55 Å². The van der Waals surface area contributed by atoms with E-state index in [1.165, 1.54) is 11.8 Å². The summed E-state index contributed by atoms with van der Waals surface area (Å²) in [5.74, 6) is 0.122. The number of aromatic nitrogens is 2. The van der Waals surface area contributed by atoms with E-state index in [1.807, 2.05) is 19.1 Å². The third kappa shape index (κ3) is 4.40. The van der Waals surface area contributed by atoms with E-state index in [0.717, 1.165) is 0 Å². The summed E-state index contributed by atoms with van der Waals surface area (Å²) in [6.07, 6.45) is 0. The van der Waals surface area contributed by atoms with Gasteiger partial charge < -0.3 is 4.74 Å². The molecule has 1 heterocycles. The number of fused-ring (bicyclic) bond motifs is 1. The fourth-order valence-corrected chi connectivity index (χ4v) is 3.90. The van der Waals surface area contributed by atoms with Crippen LogP contribution >= 0.6 is 23.4 Å². The van der Waals surface area contributed by atoms with Crippen molar-refractivity contribution in [1.29, 1.82) is 0 Å². The standard InChI is InChI=1S/C20H19ClN2O3S/c1-13(11-26-2)23-19(25)16-5-3-4-6-17(16)22-20(23)27-12-18(24)14-7-9-15(21)10-8-14/h3-10,13H,11-12H2,1-2H3/t13-/m1/s1. The smallest absolute Gasteiger partial charge is 0.262 e. The van der Waals surface area contributed by atoms with Gasteiger partial charge in [0.2, 0.25) is 0 Å². The molecule has 3 rings (SSSR count). The molecular weight excluding hydrogens is 384 g/mol. The van der Waals surface area contributed by atoms with Crippen molar-refractivity contribution in [3.05, 3.63) is 69.5 Å². The fraction of sp³-hybridized carbons (Fsp3) is 0.250. The molecule has 0 saturated carbocycles. The molecule has 3 aromatic rings. The monoisotopic (exact) mass is 402 g/mol. The van der Waals surface area contributed by atoms with Crippen LogP contribution in [0.5, 0.6) is 0 Å². The number of ketones is 1. The summed E-state index contributed by atoms with van der Waals surface area (Å²) in [4.78, 5) is 30.1. The van der Waals surface area contributed by atoms with Gasteiger partial charge in [-0.2, -0.15) is 0 Å². The Bertz CT molecular complexity index is 1020. The Morgan fingerprint density at radius 2 is 1.93 bits per heavy atom. The number of rotatable bonds is 7. The number of halogens is 1. The molecule has 0 N–H and O–H groups in total. The minimum atomic E-state index is -0.201. The maximum Gasteiger partial charge on any atom is 0.262 e. The van der Waals surface area contributed by atoms with Gasteiger partial charge in [-0.3, -0.25) is 14.2 Å². The molecule has 5 nitrogen and oxygen atoms in total. The maximum atomic E-state index is 13.0. The van der Waals surface area contributed by atoms with Gasteiger partial charge in [-0.25, -0.2) is 4.98 Å². The first-order valence-corrected chi connectivity index (χ1v) is 9.79. The minimum Gasteiger partial charge on any atom is -0.383 e. The van der Waals surface area contributed by atoms with E-state index in [4.69, 9.17) is 16.3 Å². The summed E-state index contributed by atoms with van der Waals surface area (Å²) in [7, 11) is 1.59. The predicted octanol–water partition coefficient (Wildman–Crippen LogP) is 4.23. The van der Waals surface area contributed by atoms with Crippen LogP contribution in [0.2, 0.25) is 5.02 Å². The molecular formula is C20H19ClN2O3S. The van der Waals surface area contributed by atoms with Crippen molar-refractivity contribution in [2.24, 2.45) is 0 Å². The van der Waals surface area contributed by atoms with Crippen LogP contribution in [0.4, 0.5) is 0 Å². The van der Waals surface area contributed by atoms with Crippen LogP contribution in [0.25, 0.3) is 10.9 Å². The number of methoxy groups -OCH3 is 1. The average Bonchev–Trinajstić information content (AvgIpc) is 2.67. The fourth-order valence-electron chi connectivity index (χ4n) is 2.78. The first kappa shape index (κ1) is 19.6. The van der Waals surface area contributed by atoms with Gasteiger partial charge in [0.1, 0.15) is 0 Å². The summed E-state index contributed by atoms with van der Waals surface area (Å²) in [5.41, 5.74) is 1.06. The van der Waals surface area contributed by atoms with Gasteiger partial charge in [-0.15, -0.1) is 0 Å². The predicted molar refractivity (Wildman–Crippen MR) is 109 cm³/mol. The third-order valence-corrected chi connectivity index (χ3v) is 5.33. The second-order valence-corrected chi connectivity index (χ2v) is 7.49. The first-order chi connectivity index (χ1) is 13.0. The van der Waals surface area contributed by atoms with E-state index in [2.05, 4.69) is 4.98 Å². The van der Waals surface area contributed by atoms with Gasteiger partial charge in [0.15, 0.2) is 10.9 Å². The highest BCUT2D eigenvalue weighted by Crippen LogP contribution is 2.22. The summed E-state index contributed by atoms with van der Waals surface area (Å²) < 4.78 is 6.81. The van der Waals surface area contributed by atoms with Crippen molar-refractivity contribution in [2.75, 3.05) is 19.5 Å². The molecule has 1 atom stereocenters. The molecule has 0 spiro atoms. The molecule has 0 saturated heterocycles. The van der Waals surface area contributed by atoms with Crippen molar-refractivity contribution in [3.63, 3.8) is 0 Å². The first-order valence-electron chi connectivity index (χ1n) is 8.43. The second-order valence-electron chi connectivity index (χ2n) is 6.11. The van der Waals surface area contributed by atoms with Crippen molar-refractivity contribution >= 4 is 40.0 Å². The lowest BCUT2D eigenvalue weighted by molar-refractivity contribution is 0.102. The number of nitrogens with zero attached hydrogens (tertiary/aromatic N) is 2. The van der Waals surface area contributed by atoms with Crippen LogP contribution in [-0.4, -0.2) is 34.8 Å². The summed E-state index contributed by atoms with van der Waals surface area (Å²) in [5, 5.41) is 1.64. The van der Waals surface area contributed by atoms with Gasteiger partial charge in [0, 0.05) is 17.7 Å². The lowest BCUT2D eigenvalue weighted by Crippen LogP contribution is -2.28. The molecule has 2 aromatic carbocycles. The van der Waals surface area contributed by atoms with Crippen molar-refractivity contribution < 1.29 is 9.53 Å². The van der Waals surface area contributed by atoms with E-state index in [0.29, 0.717) is 33.3 Å². The lowest BCUT2D eigenvalue weighted by atomic mass is 10.1. The molecule has 0 aliphatic heterocycles. The number of hydrogen-bond acceptors (Lipinski definition) is 5. The quantitative estimate of drug-likeness (QED) is 0.336. The van der Waals surface area contributed by atoms with Gasteiger partial charge in [0.25, 0.3) is 5.56 Å². The van der Waals surface area contributed by atoms with Crippen molar-refractivity contribution in [3.8, 4) is 0 Å². The topological polar surface area (TPSA) is 61.2 Å². The molecule has 0 fully saturated rings. The molecule has 7 heteroatoms. The second kappa shape index (κ2) is 8.69. The minimum absolute atomic E-state index is 0.0509. The van der Waals surface area contributed by atoms with E-state index in [-0.39, 0.29) is 23.1 Å². The van der Waals surface area contributed by atoms with E-state index in [1.54, 1.807) is 48.1 Å². The van der Waals surface area contributed by atoms with Crippen LogP contribution in [0.15, 0.2) is 58.5 Å². The number of para-hydroxylation sites is 1. The van der Waals surface area contributed by atoms with Gasteiger partial charge in [0.05, 0.1) is 29.3 Å². The molecule has 0 radical (unpaired) electrons. The van der Waals surface area contributed by atoms with Crippen LogP contribution in [-0.2, 0) is 4.74 Å². The third-order valence-electron chi connectivity index (χ3n) is 4.12. The normalized spacial score (nSPS) is 12.3. The molecule has 0 aliphatic rings. The lowest BCUT2D eigenvalue weighted by Gasteiger charge is -2.18. The van der Waals surface area contributed by atoms with Gasteiger partial charge in [-0.1, -0.05) is 35.5 Å². The molecule has 27 heavy (non-hydrogen) atoms. The molecule has 0 unspecified atom stereocenters. The number of ether oxygens (including phenoxy) is 1. The van der Waals surface area contributed by atoms with Gasteiger partial charge >= 0.3 is 0 Å². The Kier molecular flexibility index (Phi) is 6.31. The number of benzene rings is 2. The zero-order valence-electron chi connectivity index (χ0n) is 15.0. The highest BCUT2D eigenvalue weighted by atomic mass is 35.5. The Balaban J connectivity index is 1.94. The highest BCUT2D eigenvalue weighted by molar-refractivity contribution is 7.99. The van der Waals surface area contributed by atoms with Crippen molar-refractivity contribution in [2.45, 2.75) is 18.1 Å². The van der Waals surface area contributed by atoms with E-state index < -0.39 is 0 Å². The Labute approximate surface area is 166 Å². The number of carbonyl (C=O) groups is 1. The number of Topliss-reactive ketones (excluding diaryl/α,β-unsaturated/α-hetero) is 1. The summed E-state index contributed by atoms with van der Waals surface area (Å²) in [6, 6.07) is 13.8. The zero-order chi connectivity index (χ0) is 19.4. The Hall–Kier alpha value is -2.15. The number of thioether (sulfide) groups is 1. The molecule has 0 amide bonds. The Morgan fingerprint density at radius 1 is 1.22 bits per heavy atom. The highest BCUT2D eigenvalue weighted by Gasteiger charge is 2.18. The summed E-state index contributed by atoms with van der Waals surface area (Å²) >= 11 is 7.12. The average molecular weight is 403 g/mol. The van der Waals surface area contributed by atoms with Crippen LogP contribution < -0.4 is 5.56 Å². The maximum absolute atomic E-state index is 13.0. The summed E-state index contributed by atoms with van der Waals surface area (Å²) in [6.45, 7) is 2.27. The molecule has 1 aromatic heterocycles. The van der Waals surface area contributed by atoms with E-state index >= 15 is 0 Å². The van der Waals surface area contributed by atoms with Crippen LogP contribution in [0, 0.1) is 0 Å². The Morgan fingerprint density at radius 3 is 2.63 bits per heavy atom.